The summed E-state index contributed by atoms with van der Waals surface area (Å²) in [6.45, 7) is 8.33. The summed E-state index contributed by atoms with van der Waals surface area (Å²) in [4.78, 5) is 15.0. The second kappa shape index (κ2) is 6.52. The zero-order chi connectivity index (χ0) is 18.3. The van der Waals surface area contributed by atoms with Crippen LogP contribution >= 0.6 is 0 Å². The van der Waals surface area contributed by atoms with E-state index >= 15 is 0 Å². The molecule has 2 aliphatic heterocycles. The van der Waals surface area contributed by atoms with Crippen LogP contribution in [-0.2, 0) is 21.7 Å². The van der Waals surface area contributed by atoms with Gasteiger partial charge in [0.1, 0.15) is 11.4 Å². The highest BCUT2D eigenvalue weighted by molar-refractivity contribution is 5.93. The zero-order valence-electron chi connectivity index (χ0n) is 15.6. The monoisotopic (exact) mass is 354 g/mol. The third-order valence-electron chi connectivity index (χ3n) is 5.61. The predicted molar refractivity (Wildman–Crippen MR) is 99.8 cm³/mol. The first-order chi connectivity index (χ1) is 12.5. The molecule has 0 radical (unpaired) electrons. The average Bonchev–Trinajstić information content (AvgIpc) is 3.35. The summed E-state index contributed by atoms with van der Waals surface area (Å²) in [7, 11) is 0. The van der Waals surface area contributed by atoms with Crippen molar-refractivity contribution in [1.29, 1.82) is 0 Å². The van der Waals surface area contributed by atoms with Gasteiger partial charge >= 0.3 is 0 Å². The Morgan fingerprint density at radius 3 is 2.88 bits per heavy atom. The van der Waals surface area contributed by atoms with Crippen molar-refractivity contribution in [2.24, 2.45) is 0 Å². The molecule has 1 N–H and O–H groups in total. The lowest BCUT2D eigenvalue weighted by atomic mass is 9.92. The second-order valence-electron chi connectivity index (χ2n) is 7.58. The van der Waals surface area contributed by atoms with Crippen LogP contribution in [0.5, 0.6) is 0 Å². The highest BCUT2D eigenvalue weighted by atomic mass is 16.5. The van der Waals surface area contributed by atoms with Gasteiger partial charge in [-0.1, -0.05) is 24.3 Å². The number of nitrogens with zero attached hydrogens (tertiary/aromatic N) is 3. The number of amides is 1. The van der Waals surface area contributed by atoms with Crippen LogP contribution in [0.3, 0.4) is 0 Å². The summed E-state index contributed by atoms with van der Waals surface area (Å²) < 4.78 is 8.03. The summed E-state index contributed by atoms with van der Waals surface area (Å²) in [5, 5.41) is 7.30. The van der Waals surface area contributed by atoms with Gasteiger partial charge in [0.2, 0.25) is 5.91 Å². The molecule has 6 nitrogen and oxygen atoms in total. The van der Waals surface area contributed by atoms with Gasteiger partial charge in [0.25, 0.3) is 0 Å². The van der Waals surface area contributed by atoms with E-state index in [9.17, 15) is 4.79 Å². The van der Waals surface area contributed by atoms with Crippen molar-refractivity contribution >= 4 is 11.7 Å². The largest absolute Gasteiger partial charge is 0.364 e. The number of hydrogen-bond acceptors (Lipinski definition) is 4. The minimum atomic E-state index is -0.259. The maximum absolute atomic E-state index is 12.8. The molecule has 4 rings (SSSR count). The Morgan fingerprint density at radius 2 is 2.08 bits per heavy atom. The molecule has 1 aromatic heterocycles. The molecule has 1 aromatic carbocycles. The molecule has 2 unspecified atom stereocenters. The van der Waals surface area contributed by atoms with E-state index in [0.29, 0.717) is 6.61 Å². The van der Waals surface area contributed by atoms with E-state index in [1.165, 1.54) is 11.1 Å². The average molecular weight is 354 g/mol. The number of benzene rings is 1. The van der Waals surface area contributed by atoms with Gasteiger partial charge in [0.15, 0.2) is 0 Å². The van der Waals surface area contributed by atoms with Crippen LogP contribution in [-0.4, -0.2) is 39.7 Å². The number of rotatable bonds is 4. The Kier molecular flexibility index (Phi) is 4.32. The van der Waals surface area contributed by atoms with Gasteiger partial charge in [-0.25, -0.2) is 4.68 Å². The lowest BCUT2D eigenvalue weighted by molar-refractivity contribution is -0.121. The lowest BCUT2D eigenvalue weighted by Crippen LogP contribution is -2.42. The van der Waals surface area contributed by atoms with Crippen LogP contribution in [0.4, 0.5) is 5.82 Å². The number of likely N-dealkylation sites (tertiary alicyclic amines) is 1. The molecule has 138 valence electrons. The number of hydrogen-bond donors (Lipinski definition) is 1. The molecule has 1 saturated heterocycles. The van der Waals surface area contributed by atoms with Gasteiger partial charge in [-0.2, -0.15) is 5.10 Å². The van der Waals surface area contributed by atoms with Crippen molar-refractivity contribution in [2.45, 2.75) is 51.5 Å². The molecule has 3 heterocycles. The quantitative estimate of drug-likeness (QED) is 0.917. The van der Waals surface area contributed by atoms with Gasteiger partial charge in [0.05, 0.1) is 18.8 Å². The van der Waals surface area contributed by atoms with Crippen LogP contribution < -0.4 is 5.32 Å². The van der Waals surface area contributed by atoms with Crippen molar-refractivity contribution in [3.05, 3.63) is 47.7 Å². The van der Waals surface area contributed by atoms with Crippen molar-refractivity contribution in [3.8, 4) is 0 Å². The third kappa shape index (κ3) is 2.83. The Bertz CT molecular complexity index is 816. The maximum atomic E-state index is 12.8. The number of ether oxygens (including phenoxy) is 1. The topological polar surface area (TPSA) is 59.4 Å². The molecule has 26 heavy (non-hydrogen) atoms. The number of fused-ring (bicyclic) bond motifs is 2. The zero-order valence-corrected chi connectivity index (χ0v) is 15.6. The summed E-state index contributed by atoms with van der Waals surface area (Å²) in [5.74, 6) is 0.740. The van der Waals surface area contributed by atoms with E-state index in [2.05, 4.69) is 39.6 Å². The van der Waals surface area contributed by atoms with Gasteiger partial charge in [0, 0.05) is 25.2 Å². The Morgan fingerprint density at radius 1 is 1.27 bits per heavy atom. The van der Waals surface area contributed by atoms with E-state index in [-0.39, 0.29) is 23.6 Å². The smallest absolute Gasteiger partial charge is 0.242 e. The molecule has 1 spiro atoms. The van der Waals surface area contributed by atoms with Crippen LogP contribution in [0.2, 0.25) is 0 Å². The number of aromatic nitrogens is 2. The normalized spacial score (nSPS) is 23.5. The van der Waals surface area contributed by atoms with Crippen LogP contribution in [0, 0.1) is 0 Å². The van der Waals surface area contributed by atoms with E-state index < -0.39 is 0 Å². The van der Waals surface area contributed by atoms with E-state index in [1.54, 1.807) is 6.20 Å². The first-order valence-corrected chi connectivity index (χ1v) is 9.31. The molecule has 2 aromatic rings. The van der Waals surface area contributed by atoms with Crippen LogP contribution in [0.25, 0.3) is 0 Å². The molecule has 1 fully saturated rings. The van der Waals surface area contributed by atoms with Crippen molar-refractivity contribution in [2.75, 3.05) is 18.4 Å². The molecule has 6 heteroatoms. The first-order valence-electron chi connectivity index (χ1n) is 9.31. The van der Waals surface area contributed by atoms with Crippen LogP contribution in [0.1, 0.15) is 44.4 Å². The molecule has 2 atom stereocenters. The summed E-state index contributed by atoms with van der Waals surface area (Å²) in [5.41, 5.74) is 2.30. The Labute approximate surface area is 154 Å². The minimum absolute atomic E-state index is 0.00395. The van der Waals surface area contributed by atoms with Gasteiger partial charge in [-0.05, 0) is 38.3 Å². The van der Waals surface area contributed by atoms with Crippen molar-refractivity contribution in [1.82, 2.24) is 14.7 Å². The third-order valence-corrected chi connectivity index (χ3v) is 5.61. The van der Waals surface area contributed by atoms with Crippen LogP contribution in [0.15, 0.2) is 36.5 Å². The molecule has 0 bridgehead atoms. The standard InChI is InChI=1S/C20H26N4O2/c1-14(2)24-18(8-10-21-24)22-19(25)15(3)23-11-9-20(13-23)17-7-5-4-6-16(17)12-26-20/h4-8,10,14-15H,9,11-13H2,1-3H3,(H,22,25). The molecular weight excluding hydrogens is 328 g/mol. The molecular formula is C20H26N4O2. The van der Waals surface area contributed by atoms with E-state index in [0.717, 1.165) is 25.3 Å². The van der Waals surface area contributed by atoms with Crippen molar-refractivity contribution in [3.63, 3.8) is 0 Å². The lowest BCUT2D eigenvalue weighted by Gasteiger charge is -2.27. The molecule has 2 aliphatic rings. The summed E-state index contributed by atoms with van der Waals surface area (Å²) >= 11 is 0. The van der Waals surface area contributed by atoms with Gasteiger partial charge in [-0.15, -0.1) is 0 Å². The highest BCUT2D eigenvalue weighted by Gasteiger charge is 2.47. The fraction of sp³-hybridized carbons (Fsp3) is 0.500. The molecule has 0 saturated carbocycles. The number of nitrogens with one attached hydrogen (secondary N) is 1. The Balaban J connectivity index is 1.46. The Hall–Kier alpha value is -2.18. The maximum Gasteiger partial charge on any atom is 0.242 e. The van der Waals surface area contributed by atoms with E-state index in [4.69, 9.17) is 4.74 Å². The predicted octanol–water partition coefficient (Wildman–Crippen LogP) is 2.92. The SMILES string of the molecule is CC(C(=O)Nc1ccnn1C(C)C)N1CCC2(C1)OCc1ccccc12. The number of carbonyl (C=O) groups is 1. The minimum Gasteiger partial charge on any atom is -0.364 e. The number of anilines is 1. The first kappa shape index (κ1) is 17.2. The second-order valence-corrected chi connectivity index (χ2v) is 7.58. The fourth-order valence-corrected chi connectivity index (χ4v) is 4.08. The van der Waals surface area contributed by atoms with E-state index in [1.807, 2.05) is 31.5 Å². The summed E-state index contributed by atoms with van der Waals surface area (Å²) in [6.07, 6.45) is 2.64. The highest BCUT2D eigenvalue weighted by Crippen LogP contribution is 2.43. The summed E-state index contributed by atoms with van der Waals surface area (Å²) in [6, 6.07) is 10.2. The van der Waals surface area contributed by atoms with Gasteiger partial charge in [-0.3, -0.25) is 9.69 Å². The van der Waals surface area contributed by atoms with Gasteiger partial charge < -0.3 is 10.1 Å². The number of carbonyl (C=O) groups excluding carboxylic acids is 1. The van der Waals surface area contributed by atoms with Crippen molar-refractivity contribution < 1.29 is 9.53 Å². The molecule has 1 amide bonds. The fourth-order valence-electron chi connectivity index (χ4n) is 4.08. The molecule has 0 aliphatic carbocycles.